The van der Waals surface area contributed by atoms with E-state index in [-0.39, 0.29) is 11.7 Å². The number of benzene rings is 2. The Morgan fingerprint density at radius 2 is 1.81 bits per heavy atom. The Labute approximate surface area is 181 Å². The number of amides is 3. The van der Waals surface area contributed by atoms with Gasteiger partial charge in [0.05, 0.1) is 5.69 Å². The van der Waals surface area contributed by atoms with Crippen LogP contribution in [0.4, 0.5) is 16.2 Å². The Hall–Kier alpha value is -3.59. The van der Waals surface area contributed by atoms with E-state index in [2.05, 4.69) is 27.5 Å². The van der Waals surface area contributed by atoms with Gasteiger partial charge in [0.1, 0.15) is 11.6 Å². The van der Waals surface area contributed by atoms with E-state index in [9.17, 15) is 14.7 Å². The van der Waals surface area contributed by atoms with Gasteiger partial charge in [-0.25, -0.2) is 9.79 Å². The van der Waals surface area contributed by atoms with E-state index in [1.807, 2.05) is 24.3 Å². The molecule has 162 valence electrons. The third-order valence-electron chi connectivity index (χ3n) is 5.50. The fourth-order valence-corrected chi connectivity index (χ4v) is 3.74. The number of urea groups is 1. The maximum absolute atomic E-state index is 13.1. The Bertz CT molecular complexity index is 1020. The third-order valence-corrected chi connectivity index (χ3v) is 5.50. The van der Waals surface area contributed by atoms with Gasteiger partial charge >= 0.3 is 6.03 Å². The van der Waals surface area contributed by atoms with E-state index in [0.29, 0.717) is 11.5 Å². The van der Waals surface area contributed by atoms with Crippen molar-refractivity contribution in [1.29, 1.82) is 0 Å². The van der Waals surface area contributed by atoms with Gasteiger partial charge in [-0.3, -0.25) is 4.79 Å². The molecule has 31 heavy (non-hydrogen) atoms. The molecule has 2 aliphatic heterocycles. The summed E-state index contributed by atoms with van der Waals surface area (Å²) in [7, 11) is 3.76. The van der Waals surface area contributed by atoms with E-state index in [1.54, 1.807) is 19.2 Å². The van der Waals surface area contributed by atoms with Crippen molar-refractivity contribution in [3.8, 4) is 5.75 Å². The molecule has 9 nitrogen and oxygen atoms in total. The molecule has 1 saturated heterocycles. The van der Waals surface area contributed by atoms with Gasteiger partial charge in [-0.2, -0.15) is 0 Å². The molecule has 2 aliphatic rings. The van der Waals surface area contributed by atoms with Crippen LogP contribution >= 0.6 is 0 Å². The molecular formula is C22H26N6O3. The number of rotatable bonds is 2. The predicted octanol–water partition coefficient (Wildman–Crippen LogP) is 1.51. The zero-order valence-electron chi connectivity index (χ0n) is 17.6. The first-order valence-corrected chi connectivity index (χ1v) is 10.2. The summed E-state index contributed by atoms with van der Waals surface area (Å²) in [5.41, 5.74) is 2.03. The number of anilines is 2. The van der Waals surface area contributed by atoms with Gasteiger partial charge in [0.25, 0.3) is 5.91 Å². The third kappa shape index (κ3) is 4.46. The molecule has 0 aromatic heterocycles. The Balaban J connectivity index is 1.63. The van der Waals surface area contributed by atoms with Gasteiger partial charge in [0, 0.05) is 50.5 Å². The van der Waals surface area contributed by atoms with Gasteiger partial charge < -0.3 is 30.4 Å². The molecule has 9 heteroatoms. The number of nitrogens with zero attached hydrogens (tertiary/aromatic N) is 4. The number of likely N-dealkylation sites (N-methyl/N-ethyl adjacent to an activating group) is 2. The van der Waals surface area contributed by atoms with Crippen LogP contribution in [0.5, 0.6) is 5.75 Å². The van der Waals surface area contributed by atoms with Gasteiger partial charge in [0.15, 0.2) is 0 Å². The lowest BCUT2D eigenvalue weighted by molar-refractivity contribution is -0.119. The second-order valence-corrected chi connectivity index (χ2v) is 7.71. The number of phenolic OH excluding ortho intramolecular Hbond substituents is 1. The van der Waals surface area contributed by atoms with Crippen molar-refractivity contribution in [3.05, 3.63) is 54.1 Å². The Morgan fingerprint density at radius 1 is 1.06 bits per heavy atom. The maximum atomic E-state index is 13.1. The lowest BCUT2D eigenvalue weighted by Crippen LogP contribution is -2.49. The summed E-state index contributed by atoms with van der Waals surface area (Å²) >= 11 is 0. The highest BCUT2D eigenvalue weighted by Crippen LogP contribution is 2.26. The van der Waals surface area contributed by atoms with Crippen molar-refractivity contribution in [3.63, 3.8) is 0 Å². The first-order chi connectivity index (χ1) is 14.9. The Kier molecular flexibility index (Phi) is 5.77. The number of aliphatic imine (C=N–C) groups is 1. The second-order valence-electron chi connectivity index (χ2n) is 7.71. The topological polar surface area (TPSA) is 101 Å². The number of carbonyl (C=O) groups is 2. The number of nitrogens with one attached hydrogen (secondary N) is 2. The van der Waals surface area contributed by atoms with Crippen LogP contribution in [-0.2, 0) is 4.79 Å². The van der Waals surface area contributed by atoms with Crippen LogP contribution in [0.2, 0.25) is 0 Å². The van der Waals surface area contributed by atoms with Crippen LogP contribution in [0.15, 0.2) is 53.5 Å². The van der Waals surface area contributed by atoms with E-state index < -0.39 is 12.2 Å². The number of carbonyl (C=O) groups excluding carboxylic acids is 2. The minimum Gasteiger partial charge on any atom is -0.508 e. The molecule has 1 atom stereocenters. The number of fused-ring (bicyclic) bond motifs is 1. The maximum Gasteiger partial charge on any atom is 0.321 e. The van der Waals surface area contributed by atoms with E-state index in [4.69, 9.17) is 4.99 Å². The number of hydrogen-bond donors (Lipinski definition) is 3. The lowest BCUT2D eigenvalue weighted by Gasteiger charge is -2.35. The van der Waals surface area contributed by atoms with E-state index >= 15 is 0 Å². The van der Waals surface area contributed by atoms with Gasteiger partial charge in [0.2, 0.25) is 6.17 Å². The van der Waals surface area contributed by atoms with Crippen LogP contribution in [0.3, 0.4) is 0 Å². The number of amidine groups is 1. The molecule has 2 aromatic rings. The number of hydrogen-bond acceptors (Lipinski definition) is 6. The predicted molar refractivity (Wildman–Crippen MR) is 120 cm³/mol. The fraction of sp³-hybridized carbons (Fsp3) is 0.318. The minimum atomic E-state index is -1.08. The number of phenols is 1. The SMILES string of the molecule is CN1CCN(C2=N[C@@H](NC(=O)Nc3cccc(O)c3)C(=O)N(C)c3ccccc32)CC1. The lowest BCUT2D eigenvalue weighted by atomic mass is 10.1. The molecule has 0 saturated carbocycles. The highest BCUT2D eigenvalue weighted by atomic mass is 16.3. The molecule has 0 unspecified atom stereocenters. The van der Waals surface area contributed by atoms with Crippen LogP contribution < -0.4 is 15.5 Å². The summed E-state index contributed by atoms with van der Waals surface area (Å²) in [6.07, 6.45) is -1.08. The van der Waals surface area contributed by atoms with E-state index in [0.717, 1.165) is 37.4 Å². The first-order valence-electron chi connectivity index (χ1n) is 10.2. The number of piperazine rings is 1. The first kappa shape index (κ1) is 20.7. The molecule has 2 heterocycles. The van der Waals surface area contributed by atoms with Crippen LogP contribution in [0, 0.1) is 0 Å². The molecule has 3 amide bonds. The molecule has 2 aromatic carbocycles. The zero-order chi connectivity index (χ0) is 22.0. The highest BCUT2D eigenvalue weighted by Gasteiger charge is 2.33. The molecule has 1 fully saturated rings. The highest BCUT2D eigenvalue weighted by molar-refractivity contribution is 6.12. The van der Waals surface area contributed by atoms with Gasteiger partial charge in [-0.15, -0.1) is 0 Å². The molecular weight excluding hydrogens is 396 g/mol. The average molecular weight is 422 g/mol. The van der Waals surface area contributed by atoms with Gasteiger partial charge in [-0.1, -0.05) is 18.2 Å². The zero-order valence-corrected chi connectivity index (χ0v) is 17.6. The summed E-state index contributed by atoms with van der Waals surface area (Å²) in [6, 6.07) is 13.3. The standard InChI is InChI=1S/C22H26N6O3/c1-26-10-12-28(13-11-26)20-17-8-3-4-9-18(17)27(2)21(30)19(24-20)25-22(31)23-15-6-5-7-16(29)14-15/h3-9,14,19,29H,10-13H2,1-2H3,(H2,23,25,31)/t19-/m0/s1. The van der Waals surface area contributed by atoms with E-state index in [1.165, 1.54) is 17.0 Å². The van der Waals surface area contributed by atoms with Crippen LogP contribution in [0.25, 0.3) is 0 Å². The van der Waals surface area contributed by atoms with Crippen molar-refractivity contribution in [2.45, 2.75) is 6.17 Å². The van der Waals surface area contributed by atoms with Crippen molar-refractivity contribution < 1.29 is 14.7 Å². The molecule has 0 aliphatic carbocycles. The molecule has 0 radical (unpaired) electrons. The minimum absolute atomic E-state index is 0.0360. The summed E-state index contributed by atoms with van der Waals surface area (Å²) in [4.78, 5) is 36.4. The number of para-hydroxylation sites is 1. The van der Waals surface area contributed by atoms with Gasteiger partial charge in [-0.05, 0) is 31.3 Å². The average Bonchev–Trinajstić information content (AvgIpc) is 2.85. The molecule has 0 spiro atoms. The fourth-order valence-electron chi connectivity index (χ4n) is 3.74. The smallest absolute Gasteiger partial charge is 0.321 e. The molecule has 0 bridgehead atoms. The van der Waals surface area contributed by atoms with Crippen molar-refractivity contribution in [2.24, 2.45) is 4.99 Å². The summed E-state index contributed by atoms with van der Waals surface area (Å²) in [6.45, 7) is 3.34. The van der Waals surface area contributed by atoms with Crippen LogP contribution in [-0.4, -0.2) is 79.1 Å². The van der Waals surface area contributed by atoms with Crippen molar-refractivity contribution in [2.75, 3.05) is 50.5 Å². The number of benzodiazepines with no additional fused rings is 1. The number of aromatic hydroxyl groups is 1. The monoisotopic (exact) mass is 422 g/mol. The largest absolute Gasteiger partial charge is 0.508 e. The summed E-state index contributed by atoms with van der Waals surface area (Å²) in [5, 5.41) is 14.9. The summed E-state index contributed by atoms with van der Waals surface area (Å²) in [5.74, 6) is 0.403. The van der Waals surface area contributed by atoms with Crippen molar-refractivity contribution in [1.82, 2.24) is 15.1 Å². The van der Waals surface area contributed by atoms with Crippen molar-refractivity contribution >= 4 is 29.1 Å². The van der Waals surface area contributed by atoms with Crippen LogP contribution in [0.1, 0.15) is 5.56 Å². The second kappa shape index (κ2) is 8.65. The Morgan fingerprint density at radius 3 is 2.55 bits per heavy atom. The normalized spacial score (nSPS) is 19.4. The quantitative estimate of drug-likeness (QED) is 0.681. The molecule has 4 rings (SSSR count). The molecule has 3 N–H and O–H groups in total. The summed E-state index contributed by atoms with van der Waals surface area (Å²) < 4.78 is 0.